The van der Waals surface area contributed by atoms with Crippen LogP contribution in [0.25, 0.3) is 0 Å². The number of carbonyl (C=O) groups excluding carboxylic acids is 1. The molecular formula is C10H18NO. The van der Waals surface area contributed by atoms with Gasteiger partial charge < -0.3 is 5.32 Å². The Balaban J connectivity index is 2.34. The van der Waals surface area contributed by atoms with Crippen molar-refractivity contribution in [3.8, 4) is 0 Å². The summed E-state index contributed by atoms with van der Waals surface area (Å²) in [5, 5.41) is 2.72. The van der Waals surface area contributed by atoms with E-state index < -0.39 is 0 Å². The second-order valence-corrected chi connectivity index (χ2v) is 3.47. The van der Waals surface area contributed by atoms with Crippen molar-refractivity contribution in [3.05, 3.63) is 6.42 Å². The van der Waals surface area contributed by atoms with Crippen LogP contribution in [0.5, 0.6) is 0 Å². The fourth-order valence-electron chi connectivity index (χ4n) is 1.74. The summed E-state index contributed by atoms with van der Waals surface area (Å²) in [7, 11) is 1.72. The van der Waals surface area contributed by atoms with Crippen molar-refractivity contribution < 1.29 is 4.79 Å². The molecule has 1 rings (SSSR count). The van der Waals surface area contributed by atoms with Crippen LogP contribution in [0, 0.1) is 12.3 Å². The van der Waals surface area contributed by atoms with Gasteiger partial charge in [-0.3, -0.25) is 4.79 Å². The third-order valence-corrected chi connectivity index (χ3v) is 2.53. The largest absolute Gasteiger partial charge is 0.359 e. The highest BCUT2D eigenvalue weighted by atomic mass is 16.1. The number of rotatable bonds is 1. The van der Waals surface area contributed by atoms with Gasteiger partial charge in [0.2, 0.25) is 5.91 Å². The molecule has 0 heterocycles. The molecule has 0 aromatic carbocycles. The first-order valence-electron chi connectivity index (χ1n) is 4.88. The first kappa shape index (κ1) is 9.56. The van der Waals surface area contributed by atoms with Crippen LogP contribution in [0.3, 0.4) is 0 Å². The van der Waals surface area contributed by atoms with Crippen LogP contribution in [0.2, 0.25) is 0 Å². The highest BCUT2D eigenvalue weighted by Gasteiger charge is 2.17. The van der Waals surface area contributed by atoms with Crippen molar-refractivity contribution in [2.75, 3.05) is 7.05 Å². The molecule has 1 unspecified atom stereocenters. The Morgan fingerprint density at radius 2 is 2.25 bits per heavy atom. The molecule has 0 saturated heterocycles. The lowest BCUT2D eigenvalue weighted by Gasteiger charge is -2.17. The average Bonchev–Trinajstić information content (AvgIpc) is 2.02. The van der Waals surface area contributed by atoms with Crippen LogP contribution in [0.1, 0.15) is 38.5 Å². The molecule has 0 spiro atoms. The SMILES string of the molecule is CNC(=O)C1C[CH]CCCCC1. The van der Waals surface area contributed by atoms with Crippen LogP contribution >= 0.6 is 0 Å². The van der Waals surface area contributed by atoms with Crippen molar-refractivity contribution in [1.29, 1.82) is 0 Å². The Kier molecular flexibility index (Phi) is 4.12. The zero-order valence-electron chi connectivity index (χ0n) is 7.81. The Labute approximate surface area is 74.7 Å². The molecule has 0 aromatic rings. The summed E-state index contributed by atoms with van der Waals surface area (Å²) in [6.45, 7) is 0. The molecule has 1 aliphatic carbocycles. The highest BCUT2D eigenvalue weighted by Crippen LogP contribution is 2.21. The second kappa shape index (κ2) is 5.18. The highest BCUT2D eigenvalue weighted by molar-refractivity contribution is 5.78. The smallest absolute Gasteiger partial charge is 0.222 e. The van der Waals surface area contributed by atoms with E-state index in [1.807, 2.05) is 0 Å². The molecule has 12 heavy (non-hydrogen) atoms. The summed E-state index contributed by atoms with van der Waals surface area (Å²) in [4.78, 5) is 11.3. The molecule has 0 bridgehead atoms. The van der Waals surface area contributed by atoms with E-state index in [2.05, 4.69) is 11.7 Å². The van der Waals surface area contributed by atoms with Gasteiger partial charge in [-0.2, -0.15) is 0 Å². The van der Waals surface area contributed by atoms with E-state index in [-0.39, 0.29) is 11.8 Å². The molecule has 2 nitrogen and oxygen atoms in total. The molecule has 1 aliphatic rings. The third-order valence-electron chi connectivity index (χ3n) is 2.53. The molecule has 2 heteroatoms. The van der Waals surface area contributed by atoms with E-state index in [4.69, 9.17) is 0 Å². The molecule has 0 aromatic heterocycles. The van der Waals surface area contributed by atoms with E-state index in [1.165, 1.54) is 25.7 Å². The zero-order valence-corrected chi connectivity index (χ0v) is 7.81. The first-order chi connectivity index (χ1) is 5.84. The summed E-state index contributed by atoms with van der Waals surface area (Å²) in [5.41, 5.74) is 0. The lowest BCUT2D eigenvalue weighted by molar-refractivity contribution is -0.124. The van der Waals surface area contributed by atoms with Crippen LogP contribution in [-0.2, 0) is 4.79 Å². The molecule has 0 aliphatic heterocycles. The van der Waals surface area contributed by atoms with Crippen molar-refractivity contribution in [2.24, 2.45) is 5.92 Å². The van der Waals surface area contributed by atoms with Gasteiger partial charge in [-0.1, -0.05) is 25.7 Å². The van der Waals surface area contributed by atoms with Gasteiger partial charge in [0.25, 0.3) is 0 Å². The van der Waals surface area contributed by atoms with Gasteiger partial charge in [-0.25, -0.2) is 0 Å². The van der Waals surface area contributed by atoms with Gasteiger partial charge >= 0.3 is 0 Å². The Hall–Kier alpha value is -0.530. The maximum atomic E-state index is 11.3. The van der Waals surface area contributed by atoms with Crippen LogP contribution in [0.4, 0.5) is 0 Å². The standard InChI is InChI=1S/C10H18NO/c1-11-10(12)9-7-5-3-2-4-6-8-9/h5,9H,2-4,6-8H2,1H3,(H,11,12). The van der Waals surface area contributed by atoms with E-state index in [1.54, 1.807) is 7.05 Å². The molecule has 1 saturated carbocycles. The van der Waals surface area contributed by atoms with Crippen LogP contribution in [-0.4, -0.2) is 13.0 Å². The fraction of sp³-hybridized carbons (Fsp3) is 0.800. The molecule has 1 atom stereocenters. The molecular weight excluding hydrogens is 150 g/mol. The normalized spacial score (nSPS) is 21.1. The van der Waals surface area contributed by atoms with E-state index >= 15 is 0 Å². The molecule has 1 N–H and O–H groups in total. The summed E-state index contributed by atoms with van der Waals surface area (Å²) < 4.78 is 0. The monoisotopic (exact) mass is 168 g/mol. The van der Waals surface area contributed by atoms with E-state index in [0.717, 1.165) is 12.8 Å². The summed E-state index contributed by atoms with van der Waals surface area (Å²) >= 11 is 0. The van der Waals surface area contributed by atoms with E-state index in [9.17, 15) is 4.79 Å². The Morgan fingerprint density at radius 1 is 1.42 bits per heavy atom. The lowest BCUT2D eigenvalue weighted by atomic mass is 9.91. The van der Waals surface area contributed by atoms with Gasteiger partial charge in [-0.15, -0.1) is 0 Å². The van der Waals surface area contributed by atoms with E-state index in [0.29, 0.717) is 0 Å². The Morgan fingerprint density at radius 3 is 3.00 bits per heavy atom. The predicted molar refractivity (Wildman–Crippen MR) is 49.6 cm³/mol. The topological polar surface area (TPSA) is 29.1 Å². The Bertz CT molecular complexity index is 137. The number of hydrogen-bond donors (Lipinski definition) is 1. The molecule has 69 valence electrons. The summed E-state index contributed by atoms with van der Waals surface area (Å²) in [6.07, 6.45) is 9.29. The van der Waals surface area contributed by atoms with Gasteiger partial charge in [0, 0.05) is 13.0 Å². The van der Waals surface area contributed by atoms with Gasteiger partial charge in [0.05, 0.1) is 0 Å². The van der Waals surface area contributed by atoms with Gasteiger partial charge in [0.1, 0.15) is 0 Å². The van der Waals surface area contributed by atoms with Gasteiger partial charge in [-0.05, 0) is 19.3 Å². The fourth-order valence-corrected chi connectivity index (χ4v) is 1.74. The number of nitrogens with one attached hydrogen (secondary N) is 1. The minimum Gasteiger partial charge on any atom is -0.359 e. The maximum absolute atomic E-state index is 11.3. The minimum atomic E-state index is 0.216. The molecule has 1 fully saturated rings. The van der Waals surface area contributed by atoms with Gasteiger partial charge in [0.15, 0.2) is 0 Å². The van der Waals surface area contributed by atoms with Crippen LogP contribution in [0.15, 0.2) is 0 Å². The van der Waals surface area contributed by atoms with Crippen molar-refractivity contribution in [2.45, 2.75) is 38.5 Å². The predicted octanol–water partition coefficient (Wildman–Crippen LogP) is 1.91. The van der Waals surface area contributed by atoms with Crippen molar-refractivity contribution in [3.63, 3.8) is 0 Å². The number of hydrogen-bond acceptors (Lipinski definition) is 1. The molecule has 1 radical (unpaired) electrons. The van der Waals surface area contributed by atoms with Crippen molar-refractivity contribution >= 4 is 5.91 Å². The summed E-state index contributed by atoms with van der Waals surface area (Å²) in [5.74, 6) is 0.462. The van der Waals surface area contributed by atoms with Crippen molar-refractivity contribution in [1.82, 2.24) is 5.32 Å². The quantitative estimate of drug-likeness (QED) is 0.636. The first-order valence-corrected chi connectivity index (χ1v) is 4.88. The maximum Gasteiger partial charge on any atom is 0.222 e. The molecule has 1 amide bonds. The second-order valence-electron chi connectivity index (χ2n) is 3.47. The minimum absolute atomic E-state index is 0.216. The lowest BCUT2D eigenvalue weighted by Crippen LogP contribution is -2.27. The zero-order chi connectivity index (χ0) is 8.81. The number of carbonyl (C=O) groups is 1. The average molecular weight is 168 g/mol. The van der Waals surface area contributed by atoms with Crippen LogP contribution < -0.4 is 5.32 Å². The summed E-state index contributed by atoms with van der Waals surface area (Å²) in [6, 6.07) is 0. The third kappa shape index (κ3) is 2.84. The number of amides is 1.